The number of aryl methyl sites for hydroxylation is 2. The fourth-order valence-corrected chi connectivity index (χ4v) is 4.47. The van der Waals surface area contributed by atoms with E-state index >= 15 is 0 Å². The van der Waals surface area contributed by atoms with Crippen molar-refractivity contribution in [1.29, 1.82) is 0 Å². The summed E-state index contributed by atoms with van der Waals surface area (Å²) in [5.74, 6) is 0.731. The molecule has 0 unspecified atom stereocenters. The van der Waals surface area contributed by atoms with Gasteiger partial charge in [0.15, 0.2) is 11.5 Å². The van der Waals surface area contributed by atoms with Gasteiger partial charge in [-0.2, -0.15) is 0 Å². The van der Waals surface area contributed by atoms with Crippen LogP contribution in [0.25, 0.3) is 11.1 Å². The molecule has 1 aliphatic rings. The molecule has 29 heavy (non-hydrogen) atoms. The largest absolute Gasteiger partial charge is 0.441 e. The molecular weight excluding hydrogens is 360 g/mol. The molecule has 0 N–H and O–H groups in total. The molecule has 154 valence electrons. The van der Waals surface area contributed by atoms with Gasteiger partial charge in [0.2, 0.25) is 0 Å². The minimum absolute atomic E-state index is 0.300. The number of ether oxygens (including phenoxy) is 1. The lowest BCUT2D eigenvalue weighted by Crippen LogP contribution is -2.42. The molecule has 4 rings (SSSR count). The predicted molar refractivity (Wildman–Crippen MR) is 117 cm³/mol. The molecule has 0 spiro atoms. The van der Waals surface area contributed by atoms with Crippen molar-refractivity contribution in [2.24, 2.45) is 5.41 Å². The Labute approximate surface area is 173 Å². The number of hydrogen-bond donors (Lipinski definition) is 0. The first-order chi connectivity index (χ1) is 14.2. The molecule has 1 fully saturated rings. The number of oxazole rings is 1. The summed E-state index contributed by atoms with van der Waals surface area (Å²) >= 11 is 0. The first kappa shape index (κ1) is 20.1. The van der Waals surface area contributed by atoms with E-state index in [1.807, 2.05) is 6.92 Å². The summed E-state index contributed by atoms with van der Waals surface area (Å²) in [6.07, 6.45) is 4.73. The molecule has 4 heteroatoms. The third kappa shape index (κ3) is 5.06. The van der Waals surface area contributed by atoms with Crippen molar-refractivity contribution in [2.45, 2.75) is 46.1 Å². The summed E-state index contributed by atoms with van der Waals surface area (Å²) < 4.78 is 11.6. The first-order valence-electron chi connectivity index (χ1n) is 10.9. The second-order valence-corrected chi connectivity index (χ2v) is 8.43. The molecule has 4 nitrogen and oxygen atoms in total. The van der Waals surface area contributed by atoms with Crippen molar-refractivity contribution in [3.63, 3.8) is 0 Å². The molecule has 1 aromatic heterocycles. The average Bonchev–Trinajstić information content (AvgIpc) is 3.12. The number of fused-ring (bicyclic) bond motifs is 1. The molecule has 1 aliphatic heterocycles. The van der Waals surface area contributed by atoms with Gasteiger partial charge in [-0.1, -0.05) is 36.4 Å². The highest BCUT2D eigenvalue weighted by Crippen LogP contribution is 2.37. The minimum atomic E-state index is 0.300. The van der Waals surface area contributed by atoms with Crippen LogP contribution in [0, 0.1) is 12.3 Å². The molecular formula is C25H32N2O2. The van der Waals surface area contributed by atoms with Crippen molar-refractivity contribution in [3.8, 4) is 0 Å². The number of piperidine rings is 1. The van der Waals surface area contributed by atoms with Gasteiger partial charge in [-0.25, -0.2) is 4.98 Å². The highest BCUT2D eigenvalue weighted by Gasteiger charge is 2.34. The fourth-order valence-electron chi connectivity index (χ4n) is 4.47. The fraction of sp³-hybridized carbons (Fsp3) is 0.480. The Morgan fingerprint density at radius 2 is 1.86 bits per heavy atom. The van der Waals surface area contributed by atoms with Gasteiger partial charge in [0.1, 0.15) is 5.52 Å². The van der Waals surface area contributed by atoms with E-state index in [0.29, 0.717) is 5.41 Å². The summed E-state index contributed by atoms with van der Waals surface area (Å²) in [5, 5.41) is 0. The second kappa shape index (κ2) is 9.10. The van der Waals surface area contributed by atoms with Gasteiger partial charge >= 0.3 is 0 Å². The zero-order valence-electron chi connectivity index (χ0n) is 17.7. The Hall–Kier alpha value is -2.17. The van der Waals surface area contributed by atoms with Gasteiger partial charge in [-0.3, -0.25) is 4.90 Å². The molecule has 2 aromatic carbocycles. The van der Waals surface area contributed by atoms with Crippen LogP contribution in [0.3, 0.4) is 0 Å². The predicted octanol–water partition coefficient (Wildman–Crippen LogP) is 5.39. The lowest BCUT2D eigenvalue weighted by molar-refractivity contribution is -0.00231. The molecule has 0 bridgehead atoms. The molecule has 0 amide bonds. The number of likely N-dealkylation sites (tertiary alicyclic amines) is 1. The van der Waals surface area contributed by atoms with Crippen LogP contribution in [0.15, 0.2) is 52.9 Å². The number of hydrogen-bond acceptors (Lipinski definition) is 4. The van der Waals surface area contributed by atoms with Gasteiger partial charge in [-0.15, -0.1) is 0 Å². The van der Waals surface area contributed by atoms with E-state index in [4.69, 9.17) is 9.15 Å². The quantitative estimate of drug-likeness (QED) is 0.515. The van der Waals surface area contributed by atoms with Crippen LogP contribution in [0.2, 0.25) is 0 Å². The van der Waals surface area contributed by atoms with Crippen molar-refractivity contribution >= 4 is 11.1 Å². The SMILES string of the molecule is CCOCC1(CCc2ccccc2)CCN(Cc2ccc3nc(C)oc3c2)CC1. The first-order valence-corrected chi connectivity index (χ1v) is 10.9. The normalized spacial score (nSPS) is 17.0. The van der Waals surface area contributed by atoms with E-state index in [0.717, 1.165) is 56.3 Å². The summed E-state index contributed by atoms with van der Waals surface area (Å²) in [7, 11) is 0. The summed E-state index contributed by atoms with van der Waals surface area (Å²) in [6.45, 7) is 8.89. The van der Waals surface area contributed by atoms with Crippen molar-refractivity contribution in [3.05, 3.63) is 65.5 Å². The van der Waals surface area contributed by atoms with E-state index in [2.05, 4.69) is 65.3 Å². The molecule has 0 saturated carbocycles. The van der Waals surface area contributed by atoms with E-state index < -0.39 is 0 Å². The summed E-state index contributed by atoms with van der Waals surface area (Å²) in [5.41, 5.74) is 4.87. The lowest BCUT2D eigenvalue weighted by atomic mass is 9.74. The van der Waals surface area contributed by atoms with Crippen molar-refractivity contribution in [1.82, 2.24) is 9.88 Å². The van der Waals surface area contributed by atoms with E-state index in [-0.39, 0.29) is 0 Å². The van der Waals surface area contributed by atoms with E-state index in [9.17, 15) is 0 Å². The highest BCUT2D eigenvalue weighted by atomic mass is 16.5. The van der Waals surface area contributed by atoms with Gasteiger partial charge in [-0.05, 0) is 74.4 Å². The lowest BCUT2D eigenvalue weighted by Gasteiger charge is -2.42. The van der Waals surface area contributed by atoms with Crippen molar-refractivity contribution < 1.29 is 9.15 Å². The topological polar surface area (TPSA) is 38.5 Å². The Morgan fingerprint density at radius 3 is 2.62 bits per heavy atom. The zero-order valence-corrected chi connectivity index (χ0v) is 17.7. The van der Waals surface area contributed by atoms with E-state index in [1.165, 1.54) is 30.4 Å². The maximum Gasteiger partial charge on any atom is 0.192 e. The number of nitrogens with zero attached hydrogens (tertiary/aromatic N) is 2. The van der Waals surface area contributed by atoms with Crippen LogP contribution in [0.5, 0.6) is 0 Å². The molecule has 2 heterocycles. The number of rotatable bonds is 8. The van der Waals surface area contributed by atoms with Crippen LogP contribution >= 0.6 is 0 Å². The van der Waals surface area contributed by atoms with Crippen molar-refractivity contribution in [2.75, 3.05) is 26.3 Å². The second-order valence-electron chi connectivity index (χ2n) is 8.43. The third-order valence-corrected chi connectivity index (χ3v) is 6.28. The summed E-state index contributed by atoms with van der Waals surface area (Å²) in [6, 6.07) is 17.3. The molecule has 0 aliphatic carbocycles. The van der Waals surface area contributed by atoms with Crippen LogP contribution in [-0.2, 0) is 17.7 Å². The maximum absolute atomic E-state index is 5.93. The Morgan fingerprint density at radius 1 is 1.07 bits per heavy atom. The number of aromatic nitrogens is 1. The van der Waals surface area contributed by atoms with Gasteiger partial charge in [0.05, 0.1) is 6.61 Å². The van der Waals surface area contributed by atoms with Crippen LogP contribution in [0.1, 0.15) is 43.2 Å². The average molecular weight is 393 g/mol. The third-order valence-electron chi connectivity index (χ3n) is 6.28. The Bertz CT molecular complexity index is 911. The van der Waals surface area contributed by atoms with Gasteiger partial charge in [0, 0.05) is 20.1 Å². The zero-order chi connectivity index (χ0) is 20.1. The maximum atomic E-state index is 5.93. The van der Waals surface area contributed by atoms with Gasteiger partial charge < -0.3 is 9.15 Å². The molecule has 0 atom stereocenters. The standard InChI is InChI=1S/C25H32N2O2/c1-3-28-19-25(12-11-21-7-5-4-6-8-21)13-15-27(16-14-25)18-22-9-10-23-24(17-22)29-20(2)26-23/h4-10,17H,3,11-16,18-19H2,1-2H3. The van der Waals surface area contributed by atoms with E-state index in [1.54, 1.807) is 0 Å². The Kier molecular flexibility index (Phi) is 6.31. The van der Waals surface area contributed by atoms with Crippen LogP contribution < -0.4 is 0 Å². The highest BCUT2D eigenvalue weighted by molar-refractivity contribution is 5.73. The monoisotopic (exact) mass is 392 g/mol. The van der Waals surface area contributed by atoms with Crippen LogP contribution in [-0.4, -0.2) is 36.2 Å². The molecule has 3 aromatic rings. The molecule has 1 saturated heterocycles. The van der Waals surface area contributed by atoms with Crippen LogP contribution in [0.4, 0.5) is 0 Å². The minimum Gasteiger partial charge on any atom is -0.441 e. The van der Waals surface area contributed by atoms with Gasteiger partial charge in [0.25, 0.3) is 0 Å². The summed E-state index contributed by atoms with van der Waals surface area (Å²) in [4.78, 5) is 6.97. The molecule has 0 radical (unpaired) electrons. The Balaban J connectivity index is 1.37. The number of benzene rings is 2. The smallest absolute Gasteiger partial charge is 0.192 e.